The van der Waals surface area contributed by atoms with Crippen LogP contribution in [0.25, 0.3) is 0 Å². The lowest BCUT2D eigenvalue weighted by Gasteiger charge is -2.21. The van der Waals surface area contributed by atoms with Gasteiger partial charge in [0, 0.05) is 12.8 Å². The summed E-state index contributed by atoms with van der Waals surface area (Å²) in [4.78, 5) is 13.1. The molecule has 0 aromatic rings. The van der Waals surface area contributed by atoms with Crippen LogP contribution in [0.3, 0.4) is 0 Å². The number of hydrogen-bond acceptors (Lipinski definition) is 2. The Morgan fingerprint density at radius 1 is 0.750 bits per heavy atom. The fourth-order valence-electron chi connectivity index (χ4n) is 2.43. The predicted octanol–water partition coefficient (Wildman–Crippen LogP) is 5.21. The molecule has 0 N–H and O–H groups in total. The smallest absolute Gasteiger partial charge is 0.132 e. The Morgan fingerprint density at radius 2 is 1.15 bits per heavy atom. The second-order valence-electron chi connectivity index (χ2n) is 6.00. The maximum absolute atomic E-state index is 10.5. The summed E-state index contributed by atoms with van der Waals surface area (Å²) in [7, 11) is 0. The highest BCUT2D eigenvalue weighted by molar-refractivity contribution is 5.78. The van der Waals surface area contributed by atoms with E-state index in [0.717, 1.165) is 25.7 Å². The Hall–Kier alpha value is -0.370. The molecule has 2 heteroatoms. The maximum atomic E-state index is 10.5. The molecule has 0 saturated heterocycles. The Morgan fingerprint density at radius 3 is 1.40 bits per heavy atom. The van der Waals surface area contributed by atoms with Crippen LogP contribution in [0.4, 0.5) is 0 Å². The highest BCUT2D eigenvalue weighted by Gasteiger charge is 2.06. The van der Waals surface area contributed by atoms with E-state index in [1.54, 1.807) is 0 Å². The summed E-state index contributed by atoms with van der Waals surface area (Å²) in [6.45, 7) is 10.8. The summed E-state index contributed by atoms with van der Waals surface area (Å²) in [6, 6.07) is 0. The number of unbranched alkanes of at least 4 members (excludes halogenated alkanes) is 3. The summed E-state index contributed by atoms with van der Waals surface area (Å²) in [5, 5.41) is 0. The molecule has 1 aliphatic carbocycles. The van der Waals surface area contributed by atoms with E-state index in [4.69, 9.17) is 0 Å². The second kappa shape index (κ2) is 15.0. The zero-order valence-electron chi connectivity index (χ0n) is 14.3. The predicted molar refractivity (Wildman–Crippen MR) is 89.3 cm³/mol. The van der Waals surface area contributed by atoms with Crippen molar-refractivity contribution in [2.45, 2.75) is 91.4 Å². The van der Waals surface area contributed by atoms with Crippen molar-refractivity contribution in [1.29, 1.82) is 0 Å². The fraction of sp³-hybridized carbons (Fsp3) is 0.944. The summed E-state index contributed by atoms with van der Waals surface area (Å²) in [5.41, 5.74) is 0. The minimum atomic E-state index is 0.464. The first kappa shape index (κ1) is 19.6. The normalized spacial score (nSPS) is 15.1. The van der Waals surface area contributed by atoms with Crippen molar-refractivity contribution < 1.29 is 4.79 Å². The molecule has 0 heterocycles. The van der Waals surface area contributed by atoms with E-state index in [9.17, 15) is 4.79 Å². The second-order valence-corrected chi connectivity index (χ2v) is 6.00. The third-order valence-corrected chi connectivity index (χ3v) is 3.89. The minimum absolute atomic E-state index is 0.464. The van der Waals surface area contributed by atoms with Gasteiger partial charge in [-0.15, -0.1) is 0 Å². The van der Waals surface area contributed by atoms with Crippen LogP contribution >= 0.6 is 0 Å². The average Bonchev–Trinajstić information content (AvgIpc) is 2.48. The largest absolute Gasteiger partial charge is 0.303 e. The van der Waals surface area contributed by atoms with Crippen LogP contribution in [0.15, 0.2) is 0 Å². The van der Waals surface area contributed by atoms with Gasteiger partial charge in [-0.3, -0.25) is 4.79 Å². The van der Waals surface area contributed by atoms with Crippen LogP contribution in [0, 0.1) is 0 Å². The molecule has 1 rings (SSSR count). The van der Waals surface area contributed by atoms with Gasteiger partial charge in [0.25, 0.3) is 0 Å². The zero-order valence-corrected chi connectivity index (χ0v) is 14.3. The van der Waals surface area contributed by atoms with Gasteiger partial charge in [-0.05, 0) is 51.7 Å². The first-order valence-corrected chi connectivity index (χ1v) is 8.98. The minimum Gasteiger partial charge on any atom is -0.303 e. The molecule has 0 amide bonds. The van der Waals surface area contributed by atoms with Crippen LogP contribution in [-0.2, 0) is 4.79 Å². The molecule has 0 aliphatic heterocycles. The molecule has 0 aromatic heterocycles. The zero-order chi connectivity index (χ0) is 15.1. The molecule has 20 heavy (non-hydrogen) atoms. The van der Waals surface area contributed by atoms with Crippen molar-refractivity contribution in [1.82, 2.24) is 4.90 Å². The number of ketones is 1. The fourth-order valence-corrected chi connectivity index (χ4v) is 2.43. The van der Waals surface area contributed by atoms with Crippen molar-refractivity contribution >= 4 is 5.78 Å². The number of nitrogens with zero attached hydrogens (tertiary/aromatic N) is 1. The third kappa shape index (κ3) is 12.7. The van der Waals surface area contributed by atoms with E-state index in [-0.39, 0.29) is 0 Å². The van der Waals surface area contributed by atoms with E-state index in [1.165, 1.54) is 64.6 Å². The Bertz CT molecular complexity index is 188. The monoisotopic (exact) mass is 283 g/mol. The van der Waals surface area contributed by atoms with Gasteiger partial charge in [0.05, 0.1) is 0 Å². The van der Waals surface area contributed by atoms with Gasteiger partial charge in [0.2, 0.25) is 0 Å². The molecule has 2 nitrogen and oxygen atoms in total. The standard InChI is InChI=1S/C12H27N.C6H10O/c1-4-7-10-13(11-8-5-2)12-9-6-3;7-6-4-2-1-3-5-6/h4-12H2,1-3H3;1-5H2. The summed E-state index contributed by atoms with van der Waals surface area (Å²) in [6.07, 6.45) is 13.3. The average molecular weight is 283 g/mol. The van der Waals surface area contributed by atoms with Crippen LogP contribution in [0.1, 0.15) is 91.4 Å². The van der Waals surface area contributed by atoms with Gasteiger partial charge < -0.3 is 4.90 Å². The van der Waals surface area contributed by atoms with Gasteiger partial charge in [-0.2, -0.15) is 0 Å². The molecular weight excluding hydrogens is 246 g/mol. The summed E-state index contributed by atoms with van der Waals surface area (Å²) >= 11 is 0. The number of carbonyl (C=O) groups excluding carboxylic acids is 1. The molecular formula is C18H37NO. The van der Waals surface area contributed by atoms with E-state index < -0.39 is 0 Å². The highest BCUT2D eigenvalue weighted by atomic mass is 16.1. The number of hydrogen-bond donors (Lipinski definition) is 0. The SMILES string of the molecule is CCCCN(CCCC)CCCC.O=C1CCCCC1. The quantitative estimate of drug-likeness (QED) is 0.579. The molecule has 0 radical (unpaired) electrons. The topological polar surface area (TPSA) is 20.3 Å². The van der Waals surface area contributed by atoms with E-state index in [1.807, 2.05) is 0 Å². The number of Topliss-reactive ketones (excluding diaryl/α,β-unsaturated/α-hetero) is 1. The Labute approximate surface area is 127 Å². The van der Waals surface area contributed by atoms with Gasteiger partial charge in [-0.25, -0.2) is 0 Å². The van der Waals surface area contributed by atoms with Crippen LogP contribution in [0.2, 0.25) is 0 Å². The van der Waals surface area contributed by atoms with Gasteiger partial charge in [0.15, 0.2) is 0 Å². The molecule has 1 aliphatic rings. The summed E-state index contributed by atoms with van der Waals surface area (Å²) < 4.78 is 0. The molecule has 0 aromatic carbocycles. The maximum Gasteiger partial charge on any atom is 0.132 e. The first-order valence-electron chi connectivity index (χ1n) is 8.98. The highest BCUT2D eigenvalue weighted by Crippen LogP contribution is 2.12. The summed E-state index contributed by atoms with van der Waals surface area (Å²) in [5.74, 6) is 0.464. The molecule has 1 fully saturated rings. The van der Waals surface area contributed by atoms with E-state index in [0.29, 0.717) is 5.78 Å². The van der Waals surface area contributed by atoms with Gasteiger partial charge in [-0.1, -0.05) is 46.5 Å². The third-order valence-electron chi connectivity index (χ3n) is 3.89. The van der Waals surface area contributed by atoms with Crippen molar-refractivity contribution in [3.05, 3.63) is 0 Å². The number of rotatable bonds is 9. The van der Waals surface area contributed by atoms with Crippen molar-refractivity contribution in [2.24, 2.45) is 0 Å². The Balaban J connectivity index is 0.000000428. The van der Waals surface area contributed by atoms with Crippen LogP contribution in [0.5, 0.6) is 0 Å². The lowest BCUT2D eigenvalue weighted by Crippen LogP contribution is -2.27. The van der Waals surface area contributed by atoms with Crippen molar-refractivity contribution in [2.75, 3.05) is 19.6 Å². The molecule has 0 bridgehead atoms. The molecule has 0 spiro atoms. The van der Waals surface area contributed by atoms with E-state index >= 15 is 0 Å². The lowest BCUT2D eigenvalue weighted by atomic mass is 10.00. The number of carbonyl (C=O) groups is 1. The molecule has 1 saturated carbocycles. The van der Waals surface area contributed by atoms with Gasteiger partial charge >= 0.3 is 0 Å². The molecule has 0 unspecified atom stereocenters. The molecule has 120 valence electrons. The lowest BCUT2D eigenvalue weighted by molar-refractivity contribution is -0.120. The van der Waals surface area contributed by atoms with E-state index in [2.05, 4.69) is 25.7 Å². The Kier molecular flexibility index (Phi) is 14.7. The first-order chi connectivity index (χ1) is 9.74. The molecule has 0 atom stereocenters. The van der Waals surface area contributed by atoms with Crippen molar-refractivity contribution in [3.63, 3.8) is 0 Å². The van der Waals surface area contributed by atoms with Crippen LogP contribution < -0.4 is 0 Å². The van der Waals surface area contributed by atoms with Crippen molar-refractivity contribution in [3.8, 4) is 0 Å². The van der Waals surface area contributed by atoms with Crippen LogP contribution in [-0.4, -0.2) is 30.3 Å². The van der Waals surface area contributed by atoms with Gasteiger partial charge in [0.1, 0.15) is 5.78 Å².